The molecule has 3 aromatic rings. The Bertz CT molecular complexity index is 982. The average molecular weight is 528 g/mol. The van der Waals surface area contributed by atoms with Crippen LogP contribution in [0.3, 0.4) is 0 Å². The van der Waals surface area contributed by atoms with Crippen molar-refractivity contribution in [1.82, 2.24) is 0 Å². The van der Waals surface area contributed by atoms with Gasteiger partial charge in [0.05, 0.1) is 14.6 Å². The summed E-state index contributed by atoms with van der Waals surface area (Å²) in [5.74, 6) is 0.703. The maximum atomic E-state index is 6.21. The van der Waals surface area contributed by atoms with Crippen LogP contribution in [0.15, 0.2) is 68.5 Å². The molecule has 3 rings (SSSR count). The van der Waals surface area contributed by atoms with E-state index < -0.39 is 0 Å². The third kappa shape index (κ3) is 5.35. The Morgan fingerprint density at radius 2 is 1.70 bits per heavy atom. The van der Waals surface area contributed by atoms with Crippen LogP contribution in [0.4, 0.5) is 5.69 Å². The molecule has 0 saturated heterocycles. The van der Waals surface area contributed by atoms with E-state index in [4.69, 9.17) is 27.9 Å². The van der Waals surface area contributed by atoms with Gasteiger partial charge >= 0.3 is 0 Å². The Hall–Kier alpha value is -1.33. The van der Waals surface area contributed by atoms with Crippen LogP contribution in [0.1, 0.15) is 16.7 Å². The highest BCUT2D eigenvalue weighted by Crippen LogP contribution is 2.35. The number of nitrogens with zero attached hydrogens (tertiary/aromatic N) is 1. The smallest absolute Gasteiger partial charge is 0.148 e. The summed E-state index contributed by atoms with van der Waals surface area (Å²) in [7, 11) is 0. The lowest BCUT2D eigenvalue weighted by molar-refractivity contribution is 0.302. The Balaban J connectivity index is 1.77. The highest BCUT2D eigenvalue weighted by Gasteiger charge is 2.10. The van der Waals surface area contributed by atoms with Crippen LogP contribution in [-0.4, -0.2) is 6.21 Å². The molecule has 0 unspecified atom stereocenters. The van der Waals surface area contributed by atoms with Gasteiger partial charge in [-0.15, -0.1) is 0 Å². The van der Waals surface area contributed by atoms with E-state index in [1.807, 2.05) is 55.6 Å². The van der Waals surface area contributed by atoms with E-state index in [0.29, 0.717) is 22.4 Å². The first-order chi connectivity index (χ1) is 12.9. The molecule has 0 N–H and O–H groups in total. The zero-order valence-electron chi connectivity index (χ0n) is 14.3. The predicted molar refractivity (Wildman–Crippen MR) is 121 cm³/mol. The molecule has 0 aliphatic heterocycles. The van der Waals surface area contributed by atoms with Crippen molar-refractivity contribution in [3.8, 4) is 5.75 Å². The second-order valence-corrected chi connectivity index (χ2v) is 8.44. The minimum Gasteiger partial charge on any atom is -0.486 e. The first-order valence-electron chi connectivity index (χ1n) is 8.09. The third-order valence-electron chi connectivity index (χ3n) is 3.88. The van der Waals surface area contributed by atoms with Crippen molar-refractivity contribution in [3.05, 3.63) is 90.3 Å². The van der Waals surface area contributed by atoms with Crippen molar-refractivity contribution in [3.63, 3.8) is 0 Å². The fraction of sp³-hybridized carbons (Fsp3) is 0.0952. The molecule has 0 saturated carbocycles. The number of benzene rings is 3. The fourth-order valence-electron chi connectivity index (χ4n) is 2.43. The molecular formula is C21H15Br2Cl2NO. The maximum absolute atomic E-state index is 6.21. The molecule has 6 heteroatoms. The van der Waals surface area contributed by atoms with E-state index in [9.17, 15) is 0 Å². The average Bonchev–Trinajstić information content (AvgIpc) is 2.62. The van der Waals surface area contributed by atoms with E-state index in [-0.39, 0.29) is 0 Å². The van der Waals surface area contributed by atoms with Gasteiger partial charge in [-0.05, 0) is 80.2 Å². The van der Waals surface area contributed by atoms with Gasteiger partial charge in [-0.1, -0.05) is 47.5 Å². The summed E-state index contributed by atoms with van der Waals surface area (Å²) in [5, 5.41) is 1.18. The molecule has 0 heterocycles. The zero-order chi connectivity index (χ0) is 19.4. The molecule has 0 fully saturated rings. The standard InChI is InChI=1S/C21H15Br2Cl2NO/c1-13-4-2-3-5-20(13)26-11-14-8-17(22)21(18(23)9-14)27-12-15-6-7-16(24)10-19(15)25/h2-11H,12H2,1H3. The van der Waals surface area contributed by atoms with Crippen LogP contribution in [0.25, 0.3) is 0 Å². The van der Waals surface area contributed by atoms with Crippen molar-refractivity contribution in [2.75, 3.05) is 0 Å². The van der Waals surface area contributed by atoms with Crippen molar-refractivity contribution < 1.29 is 4.74 Å². The summed E-state index contributed by atoms with van der Waals surface area (Å²) in [4.78, 5) is 4.56. The van der Waals surface area contributed by atoms with Gasteiger partial charge in [0, 0.05) is 21.8 Å². The molecule has 0 radical (unpaired) electrons. The van der Waals surface area contributed by atoms with E-state index in [1.54, 1.807) is 12.1 Å². The number of rotatable bonds is 5. The Kier molecular flexibility index (Phi) is 6.99. The van der Waals surface area contributed by atoms with Gasteiger partial charge < -0.3 is 4.74 Å². The number of para-hydroxylation sites is 1. The largest absolute Gasteiger partial charge is 0.486 e. The molecule has 2 nitrogen and oxygen atoms in total. The Morgan fingerprint density at radius 3 is 2.37 bits per heavy atom. The Morgan fingerprint density at radius 1 is 1.00 bits per heavy atom. The molecular weight excluding hydrogens is 513 g/mol. The first kappa shape index (κ1) is 20.4. The fourth-order valence-corrected chi connectivity index (χ4v) is 4.35. The molecule has 0 bridgehead atoms. The SMILES string of the molecule is Cc1ccccc1N=Cc1cc(Br)c(OCc2ccc(Cl)cc2Cl)c(Br)c1. The summed E-state index contributed by atoms with van der Waals surface area (Å²) < 4.78 is 7.60. The van der Waals surface area contributed by atoms with E-state index in [2.05, 4.69) is 36.9 Å². The molecule has 0 aliphatic carbocycles. The molecule has 0 aliphatic rings. The van der Waals surface area contributed by atoms with Gasteiger partial charge in [-0.25, -0.2) is 0 Å². The van der Waals surface area contributed by atoms with E-state index in [0.717, 1.165) is 31.3 Å². The summed E-state index contributed by atoms with van der Waals surface area (Å²) in [6.07, 6.45) is 1.83. The summed E-state index contributed by atoms with van der Waals surface area (Å²) in [6, 6.07) is 17.3. The van der Waals surface area contributed by atoms with Gasteiger partial charge in [-0.3, -0.25) is 4.99 Å². The zero-order valence-corrected chi connectivity index (χ0v) is 19.0. The molecule has 0 atom stereocenters. The van der Waals surface area contributed by atoms with Crippen LogP contribution in [0, 0.1) is 6.92 Å². The predicted octanol–water partition coefficient (Wildman–Crippen LogP) is 8.16. The molecule has 3 aromatic carbocycles. The van der Waals surface area contributed by atoms with E-state index >= 15 is 0 Å². The van der Waals surface area contributed by atoms with Crippen LogP contribution in [0.5, 0.6) is 5.75 Å². The summed E-state index contributed by atoms with van der Waals surface area (Å²) >= 11 is 19.3. The summed E-state index contributed by atoms with van der Waals surface area (Å²) in [5.41, 5.74) is 3.90. The lowest BCUT2D eigenvalue weighted by Gasteiger charge is -2.12. The van der Waals surface area contributed by atoms with Crippen LogP contribution < -0.4 is 4.74 Å². The minimum atomic E-state index is 0.337. The van der Waals surface area contributed by atoms with Crippen molar-refractivity contribution in [2.45, 2.75) is 13.5 Å². The molecule has 0 spiro atoms. The number of hydrogen-bond acceptors (Lipinski definition) is 2. The Labute approximate surface area is 185 Å². The highest BCUT2D eigenvalue weighted by atomic mass is 79.9. The van der Waals surface area contributed by atoms with Gasteiger partial charge in [0.15, 0.2) is 0 Å². The molecule has 0 amide bonds. The number of halogens is 4. The van der Waals surface area contributed by atoms with Crippen molar-refractivity contribution in [2.24, 2.45) is 4.99 Å². The minimum absolute atomic E-state index is 0.337. The lowest BCUT2D eigenvalue weighted by atomic mass is 10.2. The molecule has 0 aromatic heterocycles. The van der Waals surface area contributed by atoms with Crippen LogP contribution in [0.2, 0.25) is 10.0 Å². The van der Waals surface area contributed by atoms with Crippen molar-refractivity contribution >= 4 is 67.0 Å². The number of aryl methyl sites for hydroxylation is 1. The van der Waals surface area contributed by atoms with Gasteiger partial charge in [0.1, 0.15) is 12.4 Å². The number of aliphatic imine (C=N–C) groups is 1. The van der Waals surface area contributed by atoms with Gasteiger partial charge in [-0.2, -0.15) is 0 Å². The topological polar surface area (TPSA) is 21.6 Å². The number of hydrogen-bond donors (Lipinski definition) is 0. The van der Waals surface area contributed by atoms with E-state index in [1.165, 1.54) is 0 Å². The second kappa shape index (κ2) is 9.24. The first-order valence-corrected chi connectivity index (χ1v) is 10.4. The van der Waals surface area contributed by atoms with Gasteiger partial charge in [0.25, 0.3) is 0 Å². The van der Waals surface area contributed by atoms with Crippen molar-refractivity contribution in [1.29, 1.82) is 0 Å². The highest BCUT2D eigenvalue weighted by molar-refractivity contribution is 9.11. The normalized spacial score (nSPS) is 11.1. The monoisotopic (exact) mass is 525 g/mol. The van der Waals surface area contributed by atoms with Gasteiger partial charge in [0.2, 0.25) is 0 Å². The lowest BCUT2D eigenvalue weighted by Crippen LogP contribution is -1.98. The van der Waals surface area contributed by atoms with Crippen LogP contribution >= 0.6 is 55.1 Å². The molecule has 27 heavy (non-hydrogen) atoms. The second-order valence-electron chi connectivity index (χ2n) is 5.88. The molecule has 138 valence electrons. The quantitative estimate of drug-likeness (QED) is 0.307. The third-order valence-corrected chi connectivity index (χ3v) is 5.64. The summed E-state index contributed by atoms with van der Waals surface area (Å²) in [6.45, 7) is 2.38. The number of ether oxygens (including phenoxy) is 1. The maximum Gasteiger partial charge on any atom is 0.148 e. The van der Waals surface area contributed by atoms with Crippen LogP contribution in [-0.2, 0) is 6.61 Å².